The van der Waals surface area contributed by atoms with E-state index >= 15 is 0 Å². The number of aliphatic imine (C=N–C) groups is 1. The van der Waals surface area contributed by atoms with Crippen molar-refractivity contribution in [1.82, 2.24) is 0 Å². The molecule has 0 bridgehead atoms. The van der Waals surface area contributed by atoms with Crippen LogP contribution >= 0.6 is 22.9 Å². The highest BCUT2D eigenvalue weighted by atomic mass is 35.5. The van der Waals surface area contributed by atoms with Crippen LogP contribution < -0.4 is 10.1 Å². The van der Waals surface area contributed by atoms with Gasteiger partial charge in [0.15, 0.2) is 11.5 Å². The second-order valence-electron chi connectivity index (χ2n) is 9.64. The van der Waals surface area contributed by atoms with Crippen molar-refractivity contribution in [2.75, 3.05) is 12.4 Å². The largest absolute Gasteiger partial charge is 0.504 e. The molecular formula is C27H29ClN2O3S. The van der Waals surface area contributed by atoms with Crippen LogP contribution in [0.2, 0.25) is 5.02 Å². The van der Waals surface area contributed by atoms with Crippen molar-refractivity contribution in [2.45, 2.75) is 40.0 Å². The van der Waals surface area contributed by atoms with E-state index in [0.29, 0.717) is 32.9 Å². The number of phenols is 1. The minimum absolute atomic E-state index is 0.0718. The van der Waals surface area contributed by atoms with Crippen LogP contribution in [0, 0.1) is 11.3 Å². The summed E-state index contributed by atoms with van der Waals surface area (Å²) in [6.45, 7) is 6.84. The van der Waals surface area contributed by atoms with E-state index in [9.17, 15) is 9.90 Å². The third-order valence-corrected chi connectivity index (χ3v) is 7.75. The minimum Gasteiger partial charge on any atom is -0.504 e. The maximum atomic E-state index is 13.4. The number of carbonyl (C=O) groups is 1. The fraction of sp³-hybridized carbons (Fsp3) is 0.333. The van der Waals surface area contributed by atoms with Gasteiger partial charge in [0.1, 0.15) is 5.00 Å². The molecule has 1 aromatic heterocycles. The molecule has 1 aliphatic rings. The summed E-state index contributed by atoms with van der Waals surface area (Å²) in [7, 11) is 1.51. The smallest absolute Gasteiger partial charge is 0.259 e. The fourth-order valence-electron chi connectivity index (χ4n) is 4.27. The van der Waals surface area contributed by atoms with Gasteiger partial charge in [-0.25, -0.2) is 4.99 Å². The molecule has 7 heteroatoms. The number of amides is 1. The van der Waals surface area contributed by atoms with Crippen molar-refractivity contribution in [2.24, 2.45) is 16.3 Å². The first kappa shape index (κ1) is 24.3. The average Bonchev–Trinajstić information content (AvgIpc) is 3.17. The third-order valence-electron chi connectivity index (χ3n) is 6.34. The van der Waals surface area contributed by atoms with Gasteiger partial charge in [-0.15, -0.1) is 11.3 Å². The van der Waals surface area contributed by atoms with Crippen LogP contribution in [0.5, 0.6) is 11.5 Å². The summed E-state index contributed by atoms with van der Waals surface area (Å²) in [5, 5.41) is 14.2. The summed E-state index contributed by atoms with van der Waals surface area (Å²) in [6, 6.07) is 12.1. The zero-order valence-corrected chi connectivity index (χ0v) is 21.4. The van der Waals surface area contributed by atoms with Crippen molar-refractivity contribution >= 4 is 45.7 Å². The lowest BCUT2D eigenvalue weighted by molar-refractivity contribution is 0.102. The standard InChI is InChI=1S/C27H29ClN2O3S/c1-27(2,3)17-6-11-20-23(14-17)34-26(29-15-16-5-12-21(31)22(13-16)33-4)24(20)25(32)30-19-9-7-18(28)8-10-19/h5,7-10,12-13,15,17,31H,6,11,14H2,1-4H3,(H,30,32)/t17-/m1/s1. The number of benzene rings is 2. The molecule has 2 aromatic carbocycles. The third kappa shape index (κ3) is 5.29. The molecule has 34 heavy (non-hydrogen) atoms. The van der Waals surface area contributed by atoms with Gasteiger partial charge < -0.3 is 15.2 Å². The SMILES string of the molecule is COc1cc(C=Nc2sc3c(c2C(=O)Nc2ccc(Cl)cc2)CC[C@@H](C(C)(C)C)C3)ccc1O. The number of hydrogen-bond acceptors (Lipinski definition) is 5. The second-order valence-corrected chi connectivity index (χ2v) is 11.2. The molecule has 0 saturated heterocycles. The summed E-state index contributed by atoms with van der Waals surface area (Å²) in [5.74, 6) is 0.846. The molecule has 4 rings (SSSR count). The Kier molecular flexibility index (Phi) is 7.01. The van der Waals surface area contributed by atoms with Crippen molar-refractivity contribution < 1.29 is 14.6 Å². The van der Waals surface area contributed by atoms with Crippen LogP contribution in [0.15, 0.2) is 47.5 Å². The summed E-state index contributed by atoms with van der Waals surface area (Å²) < 4.78 is 5.20. The maximum Gasteiger partial charge on any atom is 0.259 e. The highest BCUT2D eigenvalue weighted by Crippen LogP contribution is 2.45. The lowest BCUT2D eigenvalue weighted by Gasteiger charge is -2.33. The molecule has 2 N–H and O–H groups in total. The predicted octanol–water partition coefficient (Wildman–Crippen LogP) is 7.27. The molecule has 5 nitrogen and oxygen atoms in total. The van der Waals surface area contributed by atoms with Gasteiger partial charge in [-0.05, 0) is 84.2 Å². The van der Waals surface area contributed by atoms with Crippen LogP contribution in [0.3, 0.4) is 0 Å². The molecular weight excluding hydrogens is 468 g/mol. The number of hydrogen-bond donors (Lipinski definition) is 2. The number of carbonyl (C=O) groups excluding carboxylic acids is 1. The van der Waals surface area contributed by atoms with Gasteiger partial charge in [-0.2, -0.15) is 0 Å². The summed E-state index contributed by atoms with van der Waals surface area (Å²) in [5.41, 5.74) is 3.42. The normalized spacial score (nSPS) is 15.9. The van der Waals surface area contributed by atoms with Crippen LogP contribution in [0.1, 0.15) is 53.6 Å². The van der Waals surface area contributed by atoms with Crippen molar-refractivity contribution in [3.05, 3.63) is 69.1 Å². The van der Waals surface area contributed by atoms with E-state index in [-0.39, 0.29) is 17.1 Å². The predicted molar refractivity (Wildman–Crippen MR) is 141 cm³/mol. The Hall–Kier alpha value is -2.83. The number of anilines is 1. The van der Waals surface area contributed by atoms with Crippen molar-refractivity contribution in [3.8, 4) is 11.5 Å². The lowest BCUT2D eigenvalue weighted by Crippen LogP contribution is -2.27. The molecule has 0 radical (unpaired) electrons. The fourth-order valence-corrected chi connectivity index (χ4v) is 5.66. The number of nitrogens with zero attached hydrogens (tertiary/aromatic N) is 1. The Morgan fingerprint density at radius 1 is 1.24 bits per heavy atom. The molecule has 178 valence electrons. The van der Waals surface area contributed by atoms with E-state index in [2.05, 4.69) is 26.1 Å². The Labute approximate surface area is 209 Å². The van der Waals surface area contributed by atoms with E-state index in [1.54, 1.807) is 60.0 Å². The zero-order valence-electron chi connectivity index (χ0n) is 19.8. The molecule has 3 aromatic rings. The molecule has 1 amide bonds. The quantitative estimate of drug-likeness (QED) is 0.365. The van der Waals surface area contributed by atoms with E-state index in [4.69, 9.17) is 21.3 Å². The highest BCUT2D eigenvalue weighted by Gasteiger charge is 2.33. The van der Waals surface area contributed by atoms with Gasteiger partial charge in [0.25, 0.3) is 5.91 Å². The molecule has 0 saturated carbocycles. The average molecular weight is 497 g/mol. The Balaban J connectivity index is 1.70. The van der Waals surface area contributed by atoms with Crippen LogP contribution in [-0.2, 0) is 12.8 Å². The van der Waals surface area contributed by atoms with Gasteiger partial charge in [-0.3, -0.25) is 4.79 Å². The van der Waals surface area contributed by atoms with Gasteiger partial charge in [0, 0.05) is 21.8 Å². The first-order chi connectivity index (χ1) is 16.2. The van der Waals surface area contributed by atoms with Gasteiger partial charge in [-0.1, -0.05) is 32.4 Å². The van der Waals surface area contributed by atoms with Crippen molar-refractivity contribution in [3.63, 3.8) is 0 Å². The number of rotatable bonds is 5. The summed E-state index contributed by atoms with van der Waals surface area (Å²) >= 11 is 7.59. The number of ether oxygens (including phenoxy) is 1. The molecule has 1 aliphatic carbocycles. The Morgan fingerprint density at radius 2 is 1.97 bits per heavy atom. The minimum atomic E-state index is -0.163. The first-order valence-electron chi connectivity index (χ1n) is 11.3. The second kappa shape index (κ2) is 9.80. The molecule has 0 fully saturated rings. The van der Waals surface area contributed by atoms with E-state index in [1.165, 1.54) is 12.0 Å². The van der Waals surface area contributed by atoms with Crippen molar-refractivity contribution in [1.29, 1.82) is 0 Å². The number of fused-ring (bicyclic) bond motifs is 1. The van der Waals surface area contributed by atoms with Gasteiger partial charge >= 0.3 is 0 Å². The number of phenolic OH excluding ortho intramolecular Hbond substituents is 1. The number of aromatic hydroxyl groups is 1. The number of thiophene rings is 1. The van der Waals surface area contributed by atoms with Crippen LogP contribution in [0.4, 0.5) is 10.7 Å². The topological polar surface area (TPSA) is 70.9 Å². The first-order valence-corrected chi connectivity index (χ1v) is 12.5. The Morgan fingerprint density at radius 3 is 2.65 bits per heavy atom. The summed E-state index contributed by atoms with van der Waals surface area (Å²) in [4.78, 5) is 19.4. The molecule has 0 spiro atoms. The molecule has 1 atom stereocenters. The maximum absolute atomic E-state index is 13.4. The Bertz CT molecular complexity index is 1230. The number of halogens is 1. The van der Waals surface area contributed by atoms with Gasteiger partial charge in [0.05, 0.1) is 12.7 Å². The van der Waals surface area contributed by atoms with Crippen LogP contribution in [-0.4, -0.2) is 24.3 Å². The van der Waals surface area contributed by atoms with E-state index in [0.717, 1.165) is 30.4 Å². The number of nitrogens with one attached hydrogen (secondary N) is 1. The highest BCUT2D eigenvalue weighted by molar-refractivity contribution is 7.16. The van der Waals surface area contributed by atoms with E-state index < -0.39 is 0 Å². The van der Waals surface area contributed by atoms with Gasteiger partial charge in [0.2, 0.25) is 0 Å². The number of methoxy groups -OCH3 is 1. The molecule has 0 aliphatic heterocycles. The monoisotopic (exact) mass is 496 g/mol. The lowest BCUT2D eigenvalue weighted by atomic mass is 9.72. The van der Waals surface area contributed by atoms with E-state index in [1.807, 2.05) is 0 Å². The summed E-state index contributed by atoms with van der Waals surface area (Å²) in [6.07, 6.45) is 4.57. The zero-order chi connectivity index (χ0) is 24.5. The molecule has 1 heterocycles. The van der Waals surface area contributed by atoms with Crippen LogP contribution in [0.25, 0.3) is 0 Å². The molecule has 0 unspecified atom stereocenters.